The summed E-state index contributed by atoms with van der Waals surface area (Å²) in [4.78, 5) is 8.82. The van der Waals surface area contributed by atoms with Gasteiger partial charge in [0.1, 0.15) is 0 Å². The number of aryl methyl sites for hydroxylation is 2. The van der Waals surface area contributed by atoms with Crippen molar-refractivity contribution in [1.29, 1.82) is 0 Å². The van der Waals surface area contributed by atoms with Crippen LogP contribution in [0.5, 0.6) is 0 Å². The first-order chi connectivity index (χ1) is 22.6. The summed E-state index contributed by atoms with van der Waals surface area (Å²) in [5.74, 6) is -0.246. The van der Waals surface area contributed by atoms with Crippen molar-refractivity contribution in [1.82, 2.24) is 29.9 Å². The van der Waals surface area contributed by atoms with Crippen molar-refractivity contribution in [2.24, 2.45) is 0 Å². The highest BCUT2D eigenvalue weighted by Crippen LogP contribution is 2.34. The van der Waals surface area contributed by atoms with Crippen LogP contribution in [0.15, 0.2) is 60.9 Å². The van der Waals surface area contributed by atoms with Gasteiger partial charge in [-0.3, -0.25) is 5.10 Å². The molecule has 9 rings (SSSR count). The van der Waals surface area contributed by atoms with Gasteiger partial charge in [0, 0.05) is 28.8 Å². The maximum atomic E-state index is 14.6. The van der Waals surface area contributed by atoms with Gasteiger partial charge in [-0.15, -0.1) is 0 Å². The number of hydrogen-bond donors (Lipinski definition) is 3. The van der Waals surface area contributed by atoms with Crippen molar-refractivity contribution in [3.8, 4) is 0 Å². The zero-order valence-corrected chi connectivity index (χ0v) is 25.3. The Morgan fingerprint density at radius 2 is 1.43 bits per heavy atom. The molecule has 2 aromatic carbocycles. The van der Waals surface area contributed by atoms with Crippen molar-refractivity contribution in [3.05, 3.63) is 94.8 Å². The average molecular weight is 621 g/mol. The van der Waals surface area contributed by atoms with Gasteiger partial charge in [-0.25, -0.2) is 23.4 Å². The maximum absolute atomic E-state index is 14.6. The van der Waals surface area contributed by atoms with Gasteiger partial charge in [0.25, 0.3) is 0 Å². The van der Waals surface area contributed by atoms with E-state index in [2.05, 4.69) is 48.0 Å². The molecular weight excluding hydrogens is 586 g/mol. The Kier molecular flexibility index (Phi) is 7.53. The van der Waals surface area contributed by atoms with E-state index in [1.807, 2.05) is 24.3 Å². The minimum Gasteiger partial charge on any atom is -0.356 e. The first-order valence-electron chi connectivity index (χ1n) is 16.0. The molecule has 11 heteroatoms. The molecule has 234 valence electrons. The summed E-state index contributed by atoms with van der Waals surface area (Å²) in [6.07, 6.45) is 12.7. The maximum Gasteiger partial charge on any atom is 0.169 e. The summed E-state index contributed by atoms with van der Waals surface area (Å²) in [5, 5.41) is 18.7. The van der Waals surface area contributed by atoms with Crippen molar-refractivity contribution in [2.75, 3.05) is 17.2 Å². The summed E-state index contributed by atoms with van der Waals surface area (Å²) < 4.78 is 36.3. The van der Waals surface area contributed by atoms with E-state index in [-0.39, 0.29) is 29.5 Å². The van der Waals surface area contributed by atoms with Gasteiger partial charge >= 0.3 is 0 Å². The number of anilines is 4. The standard InChI is InChI=1S/C20H21FN4O.C15H13FN4/c21-16-11-14-12-22-25(18-9-1-2-10-26-18)20(14)24-19(16)23-17-8-4-6-13-5-3-7-15(13)17;16-12-7-10-8-17-20-14(10)19-15(12)18-13-6-2-4-9-3-1-5-11(9)13/h4,6,8,11-12,18H,1-3,5,7,9-10H2,(H,23,24);2,4,6-8H,1,3,5H2,(H2,17,18,19,20). The first-order valence-corrected chi connectivity index (χ1v) is 16.0. The van der Waals surface area contributed by atoms with Crippen LogP contribution < -0.4 is 10.6 Å². The Balaban J connectivity index is 0.000000140. The molecule has 1 atom stereocenters. The van der Waals surface area contributed by atoms with E-state index in [0.717, 1.165) is 75.8 Å². The molecule has 0 spiro atoms. The summed E-state index contributed by atoms with van der Waals surface area (Å²) in [5.41, 5.74) is 8.39. The van der Waals surface area contributed by atoms with E-state index in [9.17, 15) is 8.78 Å². The van der Waals surface area contributed by atoms with Crippen LogP contribution in [-0.4, -0.2) is 36.6 Å². The number of ether oxygens (including phenoxy) is 1. The molecule has 3 N–H and O–H groups in total. The Morgan fingerprint density at radius 1 is 0.761 bits per heavy atom. The smallest absolute Gasteiger partial charge is 0.169 e. The molecule has 6 aromatic rings. The molecule has 0 radical (unpaired) electrons. The van der Waals surface area contributed by atoms with Crippen LogP contribution in [0.1, 0.15) is 60.6 Å². The number of nitrogens with one attached hydrogen (secondary N) is 3. The lowest BCUT2D eigenvalue weighted by Gasteiger charge is -2.23. The number of halogens is 2. The Bertz CT molecular complexity index is 2050. The third-order valence-electron chi connectivity index (χ3n) is 9.13. The molecule has 1 aliphatic heterocycles. The highest BCUT2D eigenvalue weighted by Gasteiger charge is 2.22. The lowest BCUT2D eigenvalue weighted by Crippen LogP contribution is -2.19. The molecule has 46 heavy (non-hydrogen) atoms. The third-order valence-corrected chi connectivity index (χ3v) is 9.13. The normalized spacial score (nSPS) is 17.0. The highest BCUT2D eigenvalue weighted by molar-refractivity contribution is 5.79. The van der Waals surface area contributed by atoms with Crippen LogP contribution in [0.25, 0.3) is 22.1 Å². The number of pyridine rings is 2. The van der Waals surface area contributed by atoms with Crippen LogP contribution in [-0.2, 0) is 30.4 Å². The van der Waals surface area contributed by atoms with E-state index in [1.165, 1.54) is 34.4 Å². The van der Waals surface area contributed by atoms with Gasteiger partial charge in [-0.1, -0.05) is 24.3 Å². The highest BCUT2D eigenvalue weighted by atomic mass is 19.1. The molecule has 1 saturated heterocycles. The monoisotopic (exact) mass is 620 g/mol. The molecular formula is C35H34F2N8O. The van der Waals surface area contributed by atoms with Crippen molar-refractivity contribution in [3.63, 3.8) is 0 Å². The summed E-state index contributed by atoms with van der Waals surface area (Å²) >= 11 is 0. The molecule has 1 fully saturated rings. The summed E-state index contributed by atoms with van der Waals surface area (Å²) in [7, 11) is 0. The number of aromatic amines is 1. The number of rotatable bonds is 5. The molecule has 0 amide bonds. The molecule has 5 heterocycles. The lowest BCUT2D eigenvalue weighted by molar-refractivity contribution is -0.0370. The Morgan fingerprint density at radius 3 is 2.11 bits per heavy atom. The second kappa shape index (κ2) is 12.1. The van der Waals surface area contributed by atoms with E-state index in [0.29, 0.717) is 22.1 Å². The minimum atomic E-state index is -0.366. The van der Waals surface area contributed by atoms with Gasteiger partial charge in [0.15, 0.2) is 40.8 Å². The fourth-order valence-corrected chi connectivity index (χ4v) is 6.84. The van der Waals surface area contributed by atoms with Crippen molar-refractivity contribution in [2.45, 2.75) is 64.0 Å². The fraction of sp³-hybridized carbons (Fsp3) is 0.314. The van der Waals surface area contributed by atoms with E-state index >= 15 is 0 Å². The van der Waals surface area contributed by atoms with E-state index < -0.39 is 0 Å². The zero-order chi connectivity index (χ0) is 31.0. The largest absolute Gasteiger partial charge is 0.356 e. The van der Waals surface area contributed by atoms with Crippen molar-refractivity contribution < 1.29 is 13.5 Å². The van der Waals surface area contributed by atoms with Gasteiger partial charge in [-0.05, 0) is 104 Å². The lowest BCUT2D eigenvalue weighted by atomic mass is 10.1. The minimum absolute atomic E-state index is 0.118. The van der Waals surface area contributed by atoms with Gasteiger partial charge < -0.3 is 15.4 Å². The van der Waals surface area contributed by atoms with Gasteiger partial charge in [-0.2, -0.15) is 10.2 Å². The number of H-pyrrole nitrogens is 1. The predicted octanol–water partition coefficient (Wildman–Crippen LogP) is 7.83. The van der Waals surface area contributed by atoms with Crippen LogP contribution in [0.2, 0.25) is 0 Å². The SMILES string of the molecule is Fc1cc2cn[nH]c2nc1Nc1cccc2c1CCC2.Fc1cc2cnn(C3CCCCO3)c2nc1Nc1cccc2c1CCC2. The third kappa shape index (κ3) is 5.44. The zero-order valence-electron chi connectivity index (χ0n) is 25.3. The van der Waals surface area contributed by atoms with Crippen LogP contribution >= 0.6 is 0 Å². The Hall–Kier alpha value is -4.90. The number of hydrogen-bond acceptors (Lipinski definition) is 7. The average Bonchev–Trinajstić information content (AvgIpc) is 3.89. The molecule has 3 aliphatic rings. The number of fused-ring (bicyclic) bond motifs is 4. The second-order valence-corrected chi connectivity index (χ2v) is 12.1. The quantitative estimate of drug-likeness (QED) is 0.180. The van der Waals surface area contributed by atoms with E-state index in [1.54, 1.807) is 17.1 Å². The topological polar surface area (TPSA) is 106 Å². The first kappa shape index (κ1) is 28.6. The van der Waals surface area contributed by atoms with E-state index in [4.69, 9.17) is 4.74 Å². The number of nitrogens with zero attached hydrogens (tertiary/aromatic N) is 5. The molecule has 9 nitrogen and oxygen atoms in total. The number of benzene rings is 2. The molecule has 0 saturated carbocycles. The van der Waals surface area contributed by atoms with Crippen LogP contribution in [0.4, 0.5) is 31.8 Å². The summed E-state index contributed by atoms with van der Waals surface area (Å²) in [6, 6.07) is 15.2. The van der Waals surface area contributed by atoms with Crippen LogP contribution in [0.3, 0.4) is 0 Å². The molecule has 4 aromatic heterocycles. The van der Waals surface area contributed by atoms with Crippen molar-refractivity contribution >= 4 is 45.1 Å². The fourth-order valence-electron chi connectivity index (χ4n) is 6.84. The molecule has 0 bridgehead atoms. The Labute approximate surface area is 264 Å². The van der Waals surface area contributed by atoms with Crippen LogP contribution in [0, 0.1) is 11.6 Å². The number of aromatic nitrogens is 6. The second-order valence-electron chi connectivity index (χ2n) is 12.1. The predicted molar refractivity (Wildman–Crippen MR) is 174 cm³/mol. The summed E-state index contributed by atoms with van der Waals surface area (Å²) in [6.45, 7) is 0.731. The van der Waals surface area contributed by atoms with Gasteiger partial charge in [0.2, 0.25) is 0 Å². The van der Waals surface area contributed by atoms with Gasteiger partial charge in [0.05, 0.1) is 12.4 Å². The molecule has 2 aliphatic carbocycles. The molecule has 1 unspecified atom stereocenters.